The minimum Gasteiger partial charge on any atom is -0.466 e. The van der Waals surface area contributed by atoms with Crippen LogP contribution in [-0.2, 0) is 9.53 Å². The summed E-state index contributed by atoms with van der Waals surface area (Å²) in [6.45, 7) is 7.00. The second-order valence-electron chi connectivity index (χ2n) is 6.64. The molecule has 0 bridgehead atoms. The van der Waals surface area contributed by atoms with Crippen molar-refractivity contribution in [3.8, 4) is 5.69 Å². The van der Waals surface area contributed by atoms with Crippen LogP contribution < -0.4 is 0 Å². The van der Waals surface area contributed by atoms with Gasteiger partial charge in [0.05, 0.1) is 35.2 Å². The van der Waals surface area contributed by atoms with Crippen molar-refractivity contribution < 1.29 is 14.3 Å². The quantitative estimate of drug-likeness (QED) is 0.791. The van der Waals surface area contributed by atoms with Crippen LogP contribution in [0.5, 0.6) is 0 Å². The molecule has 1 aromatic heterocycles. The fourth-order valence-corrected chi connectivity index (χ4v) is 3.55. The molecule has 0 spiro atoms. The van der Waals surface area contributed by atoms with Crippen LogP contribution in [0.2, 0.25) is 0 Å². The van der Waals surface area contributed by atoms with E-state index in [2.05, 4.69) is 5.10 Å². The van der Waals surface area contributed by atoms with Gasteiger partial charge in [0.1, 0.15) is 0 Å². The number of amides is 1. The van der Waals surface area contributed by atoms with Crippen LogP contribution in [-0.4, -0.2) is 46.3 Å². The Bertz CT molecular complexity index is 798. The monoisotopic (exact) mass is 355 g/mol. The number of ether oxygens (including phenoxy) is 1. The Morgan fingerprint density at radius 2 is 1.96 bits per heavy atom. The summed E-state index contributed by atoms with van der Waals surface area (Å²) in [5.41, 5.74) is 3.07. The highest BCUT2D eigenvalue weighted by atomic mass is 16.5. The van der Waals surface area contributed by atoms with Gasteiger partial charge in [0.15, 0.2) is 0 Å². The van der Waals surface area contributed by atoms with Gasteiger partial charge >= 0.3 is 5.97 Å². The Morgan fingerprint density at radius 1 is 1.23 bits per heavy atom. The van der Waals surface area contributed by atoms with E-state index in [4.69, 9.17) is 4.74 Å². The van der Waals surface area contributed by atoms with Crippen LogP contribution in [0.1, 0.15) is 41.5 Å². The van der Waals surface area contributed by atoms with E-state index in [1.165, 1.54) is 0 Å². The molecule has 6 heteroatoms. The summed E-state index contributed by atoms with van der Waals surface area (Å²) in [5, 5.41) is 4.56. The molecule has 0 N–H and O–H groups in total. The number of nitrogens with zero attached hydrogens (tertiary/aromatic N) is 3. The summed E-state index contributed by atoms with van der Waals surface area (Å²) >= 11 is 0. The van der Waals surface area contributed by atoms with Gasteiger partial charge in [-0.15, -0.1) is 0 Å². The third-order valence-corrected chi connectivity index (χ3v) is 4.83. The molecule has 1 amide bonds. The van der Waals surface area contributed by atoms with Crippen molar-refractivity contribution in [3.05, 3.63) is 47.3 Å². The first kappa shape index (κ1) is 18.2. The molecule has 1 aromatic carbocycles. The van der Waals surface area contributed by atoms with Crippen molar-refractivity contribution in [1.82, 2.24) is 14.7 Å². The van der Waals surface area contributed by atoms with Crippen molar-refractivity contribution >= 4 is 11.9 Å². The predicted octanol–water partition coefficient (Wildman–Crippen LogP) is 2.90. The van der Waals surface area contributed by atoms with E-state index in [1.807, 2.05) is 44.2 Å². The normalized spacial score (nSPS) is 17.2. The lowest BCUT2D eigenvalue weighted by molar-refractivity contribution is -0.149. The minimum absolute atomic E-state index is 0.0591. The smallest absolute Gasteiger partial charge is 0.310 e. The summed E-state index contributed by atoms with van der Waals surface area (Å²) in [6, 6.07) is 9.77. The van der Waals surface area contributed by atoms with Gasteiger partial charge in [-0.05, 0) is 45.7 Å². The first-order valence-electron chi connectivity index (χ1n) is 9.10. The lowest BCUT2D eigenvalue weighted by Gasteiger charge is -2.31. The molecule has 2 aromatic rings. The van der Waals surface area contributed by atoms with E-state index in [1.54, 1.807) is 16.5 Å². The zero-order chi connectivity index (χ0) is 18.7. The maximum Gasteiger partial charge on any atom is 0.310 e. The van der Waals surface area contributed by atoms with Gasteiger partial charge in [0, 0.05) is 13.1 Å². The van der Waals surface area contributed by atoms with Gasteiger partial charge in [0.2, 0.25) is 0 Å². The fraction of sp³-hybridized carbons (Fsp3) is 0.450. The molecular formula is C20H25N3O3. The summed E-state index contributed by atoms with van der Waals surface area (Å²) in [6.07, 6.45) is 1.57. The Kier molecular flexibility index (Phi) is 5.40. The minimum atomic E-state index is -0.238. The fourth-order valence-electron chi connectivity index (χ4n) is 3.55. The Morgan fingerprint density at radius 3 is 2.65 bits per heavy atom. The first-order valence-corrected chi connectivity index (χ1v) is 9.10. The number of hydrogen-bond acceptors (Lipinski definition) is 4. The third-order valence-electron chi connectivity index (χ3n) is 4.83. The maximum atomic E-state index is 13.1. The Hall–Kier alpha value is -2.63. The van der Waals surface area contributed by atoms with Crippen LogP contribution in [0.15, 0.2) is 30.3 Å². The van der Waals surface area contributed by atoms with Gasteiger partial charge in [0.25, 0.3) is 5.91 Å². The molecule has 0 saturated carbocycles. The number of para-hydroxylation sites is 1. The van der Waals surface area contributed by atoms with Crippen molar-refractivity contribution in [2.75, 3.05) is 19.7 Å². The number of aryl methyl sites for hydroxylation is 1. The van der Waals surface area contributed by atoms with E-state index < -0.39 is 0 Å². The van der Waals surface area contributed by atoms with E-state index in [0.717, 1.165) is 24.2 Å². The molecule has 1 aliphatic heterocycles. The molecule has 6 nitrogen and oxygen atoms in total. The number of piperidine rings is 1. The molecule has 1 unspecified atom stereocenters. The van der Waals surface area contributed by atoms with E-state index in [0.29, 0.717) is 31.0 Å². The molecule has 0 aliphatic carbocycles. The van der Waals surface area contributed by atoms with Crippen molar-refractivity contribution in [1.29, 1.82) is 0 Å². The van der Waals surface area contributed by atoms with E-state index >= 15 is 0 Å². The van der Waals surface area contributed by atoms with Crippen molar-refractivity contribution in [2.24, 2.45) is 5.92 Å². The van der Waals surface area contributed by atoms with Crippen LogP contribution in [0, 0.1) is 19.8 Å². The molecule has 0 radical (unpaired) electrons. The Labute approximate surface area is 153 Å². The maximum absolute atomic E-state index is 13.1. The SMILES string of the molecule is CCOC(=O)C1CCCN(C(=O)c2c(C)nn(-c3ccccc3)c2C)C1. The number of hydrogen-bond donors (Lipinski definition) is 0. The lowest BCUT2D eigenvalue weighted by atomic mass is 9.97. The summed E-state index contributed by atoms with van der Waals surface area (Å²) in [4.78, 5) is 26.9. The number of esters is 1. The highest BCUT2D eigenvalue weighted by Crippen LogP contribution is 2.24. The zero-order valence-electron chi connectivity index (χ0n) is 15.6. The van der Waals surface area contributed by atoms with Gasteiger partial charge in [-0.2, -0.15) is 5.10 Å². The molecule has 1 fully saturated rings. The standard InChI is InChI=1S/C20H25N3O3/c1-4-26-20(25)16-9-8-12-22(13-16)19(24)18-14(2)21-23(15(18)3)17-10-6-5-7-11-17/h5-7,10-11,16H,4,8-9,12-13H2,1-3H3. The third kappa shape index (κ3) is 3.49. The largest absolute Gasteiger partial charge is 0.466 e. The van der Waals surface area contributed by atoms with Gasteiger partial charge < -0.3 is 9.64 Å². The number of carbonyl (C=O) groups is 2. The molecule has 3 rings (SSSR count). The highest BCUT2D eigenvalue weighted by Gasteiger charge is 2.32. The first-order chi connectivity index (χ1) is 12.5. The number of carbonyl (C=O) groups excluding carboxylic acids is 2. The molecule has 1 saturated heterocycles. The summed E-state index contributed by atoms with van der Waals surface area (Å²) < 4.78 is 6.93. The van der Waals surface area contributed by atoms with Crippen molar-refractivity contribution in [3.63, 3.8) is 0 Å². The van der Waals surface area contributed by atoms with Crippen LogP contribution in [0.25, 0.3) is 5.69 Å². The molecule has 26 heavy (non-hydrogen) atoms. The molecule has 1 atom stereocenters. The lowest BCUT2D eigenvalue weighted by Crippen LogP contribution is -2.43. The number of aromatic nitrogens is 2. The molecular weight excluding hydrogens is 330 g/mol. The second-order valence-corrected chi connectivity index (χ2v) is 6.64. The number of rotatable bonds is 4. The van der Waals surface area contributed by atoms with Crippen LogP contribution in [0.3, 0.4) is 0 Å². The predicted molar refractivity (Wildman–Crippen MR) is 98.3 cm³/mol. The number of benzene rings is 1. The number of likely N-dealkylation sites (tertiary alicyclic amines) is 1. The molecule has 138 valence electrons. The van der Waals surface area contributed by atoms with Gasteiger partial charge in [-0.1, -0.05) is 18.2 Å². The summed E-state index contributed by atoms with van der Waals surface area (Å²) in [7, 11) is 0. The van der Waals surface area contributed by atoms with Crippen LogP contribution in [0.4, 0.5) is 0 Å². The second kappa shape index (κ2) is 7.72. The molecule has 2 heterocycles. The molecule has 1 aliphatic rings. The van der Waals surface area contributed by atoms with Crippen LogP contribution >= 0.6 is 0 Å². The Balaban J connectivity index is 1.84. The topological polar surface area (TPSA) is 64.4 Å². The van der Waals surface area contributed by atoms with Gasteiger partial charge in [-0.25, -0.2) is 4.68 Å². The van der Waals surface area contributed by atoms with Gasteiger partial charge in [-0.3, -0.25) is 9.59 Å². The van der Waals surface area contributed by atoms with Crippen molar-refractivity contribution in [2.45, 2.75) is 33.6 Å². The average Bonchev–Trinajstić information content (AvgIpc) is 2.96. The zero-order valence-corrected chi connectivity index (χ0v) is 15.6. The van der Waals surface area contributed by atoms with E-state index in [-0.39, 0.29) is 17.8 Å². The van der Waals surface area contributed by atoms with E-state index in [9.17, 15) is 9.59 Å². The summed E-state index contributed by atoms with van der Waals surface area (Å²) in [5.74, 6) is -0.507. The average molecular weight is 355 g/mol. The highest BCUT2D eigenvalue weighted by molar-refractivity contribution is 5.97.